The number of ether oxygens (including phenoxy) is 2. The van der Waals surface area contributed by atoms with E-state index >= 15 is 0 Å². The molecule has 0 aromatic carbocycles. The van der Waals surface area contributed by atoms with Crippen molar-refractivity contribution < 1.29 is 9.47 Å². The van der Waals surface area contributed by atoms with Gasteiger partial charge in [-0.05, 0) is 13.0 Å². The molecular weight excluding hydrogens is 250 g/mol. The number of hydrogen-bond acceptors (Lipinski definition) is 8. The lowest BCUT2D eigenvalue weighted by molar-refractivity contribution is 0.0854. The fourth-order valence-corrected chi connectivity index (χ4v) is 1.40. The first-order chi connectivity index (χ1) is 9.22. The average Bonchev–Trinajstić information content (AvgIpc) is 2.92. The Morgan fingerprint density at radius 1 is 1.42 bits per heavy atom. The van der Waals surface area contributed by atoms with Crippen LogP contribution in [0.3, 0.4) is 0 Å². The number of hydrogen-bond donors (Lipinski definition) is 2. The number of hydrazine groups is 1. The number of rotatable bonds is 6. The second-order valence-electron chi connectivity index (χ2n) is 3.72. The van der Waals surface area contributed by atoms with Crippen LogP contribution in [0.5, 0.6) is 6.01 Å². The van der Waals surface area contributed by atoms with E-state index < -0.39 is 0 Å². The number of nitrogen functional groups attached to an aromatic ring is 1. The Morgan fingerprint density at radius 3 is 2.89 bits per heavy atom. The summed E-state index contributed by atoms with van der Waals surface area (Å²) in [7, 11) is 1.59. The summed E-state index contributed by atoms with van der Waals surface area (Å²) in [5.41, 5.74) is 2.36. The van der Waals surface area contributed by atoms with Crippen LogP contribution in [0, 0.1) is 0 Å². The summed E-state index contributed by atoms with van der Waals surface area (Å²) in [6.45, 7) is 2.27. The zero-order valence-corrected chi connectivity index (χ0v) is 10.6. The van der Waals surface area contributed by atoms with Crippen molar-refractivity contribution in [2.24, 2.45) is 5.84 Å². The van der Waals surface area contributed by atoms with E-state index in [1.54, 1.807) is 25.6 Å². The summed E-state index contributed by atoms with van der Waals surface area (Å²) >= 11 is 0. The van der Waals surface area contributed by atoms with E-state index in [2.05, 4.69) is 25.5 Å². The lowest BCUT2D eigenvalue weighted by Gasteiger charge is -2.13. The van der Waals surface area contributed by atoms with E-state index in [0.717, 1.165) is 0 Å². The monoisotopic (exact) mass is 265 g/mol. The Kier molecular flexibility index (Phi) is 4.21. The number of nitrogens with one attached hydrogen (secondary N) is 1. The van der Waals surface area contributed by atoms with Crippen LogP contribution in [-0.2, 0) is 4.74 Å². The number of nitrogens with zero attached hydrogens (tertiary/aromatic N) is 5. The summed E-state index contributed by atoms with van der Waals surface area (Å²) in [6, 6.07) is 1.91. The third-order valence-electron chi connectivity index (χ3n) is 2.15. The molecular formula is C10H15N7O2. The van der Waals surface area contributed by atoms with Gasteiger partial charge in [0.1, 0.15) is 6.10 Å². The van der Waals surface area contributed by atoms with Gasteiger partial charge in [0.25, 0.3) is 5.95 Å². The van der Waals surface area contributed by atoms with Gasteiger partial charge in [0.05, 0.1) is 6.61 Å². The molecule has 2 aromatic rings. The van der Waals surface area contributed by atoms with E-state index in [4.69, 9.17) is 15.3 Å². The Labute approximate surface area is 109 Å². The van der Waals surface area contributed by atoms with Crippen LogP contribution in [0.25, 0.3) is 5.95 Å². The van der Waals surface area contributed by atoms with E-state index in [0.29, 0.717) is 12.6 Å². The minimum atomic E-state index is -0.191. The molecule has 19 heavy (non-hydrogen) atoms. The molecule has 2 rings (SSSR count). The fourth-order valence-electron chi connectivity index (χ4n) is 1.40. The molecule has 102 valence electrons. The van der Waals surface area contributed by atoms with Gasteiger partial charge in [-0.15, -0.1) is 0 Å². The molecule has 2 heterocycles. The normalized spacial score (nSPS) is 12.2. The highest BCUT2D eigenvalue weighted by atomic mass is 16.5. The highest BCUT2D eigenvalue weighted by Crippen LogP contribution is 2.11. The standard InChI is InChI=1S/C10H15N7O2/c1-7(6-18-2)19-10-14-8(16-11)13-9(15-10)17-5-3-4-12-17/h3-5,7H,6,11H2,1-2H3,(H,13,14,15,16). The minimum absolute atomic E-state index is 0.151. The van der Waals surface area contributed by atoms with Gasteiger partial charge in [-0.2, -0.15) is 20.1 Å². The van der Waals surface area contributed by atoms with E-state index in [1.807, 2.05) is 6.92 Å². The summed E-state index contributed by atoms with van der Waals surface area (Å²) < 4.78 is 12.0. The predicted molar refractivity (Wildman–Crippen MR) is 66.7 cm³/mol. The topological polar surface area (TPSA) is 113 Å². The summed E-state index contributed by atoms with van der Waals surface area (Å²) in [5, 5.41) is 4.03. The molecule has 0 amide bonds. The third kappa shape index (κ3) is 3.36. The van der Waals surface area contributed by atoms with Crippen molar-refractivity contribution in [2.45, 2.75) is 13.0 Å². The Hall–Kier alpha value is -2.26. The molecule has 3 N–H and O–H groups in total. The lowest BCUT2D eigenvalue weighted by atomic mass is 10.4. The molecule has 1 unspecified atom stereocenters. The molecule has 0 spiro atoms. The second kappa shape index (κ2) is 6.07. The number of methoxy groups -OCH3 is 1. The quantitative estimate of drug-likeness (QED) is 0.543. The summed E-state index contributed by atoms with van der Waals surface area (Å²) in [5.74, 6) is 5.82. The van der Waals surface area contributed by atoms with E-state index in [1.165, 1.54) is 4.68 Å². The van der Waals surface area contributed by atoms with Crippen molar-refractivity contribution >= 4 is 5.95 Å². The summed E-state index contributed by atoms with van der Waals surface area (Å²) in [6.07, 6.45) is 3.13. The van der Waals surface area contributed by atoms with Crippen LogP contribution in [-0.4, -0.2) is 44.6 Å². The molecule has 0 saturated heterocycles. The molecule has 9 nitrogen and oxygen atoms in total. The highest BCUT2D eigenvalue weighted by Gasteiger charge is 2.11. The van der Waals surface area contributed by atoms with Crippen LogP contribution in [0.15, 0.2) is 18.5 Å². The van der Waals surface area contributed by atoms with Gasteiger partial charge in [-0.1, -0.05) is 0 Å². The third-order valence-corrected chi connectivity index (χ3v) is 2.15. The van der Waals surface area contributed by atoms with Gasteiger partial charge in [0.2, 0.25) is 5.95 Å². The van der Waals surface area contributed by atoms with Gasteiger partial charge >= 0.3 is 6.01 Å². The van der Waals surface area contributed by atoms with Crippen molar-refractivity contribution in [1.82, 2.24) is 24.7 Å². The lowest BCUT2D eigenvalue weighted by Crippen LogP contribution is -2.21. The molecule has 0 saturated carbocycles. The van der Waals surface area contributed by atoms with Gasteiger partial charge in [0.15, 0.2) is 0 Å². The van der Waals surface area contributed by atoms with Crippen molar-refractivity contribution in [3.63, 3.8) is 0 Å². The maximum Gasteiger partial charge on any atom is 0.323 e. The molecule has 0 radical (unpaired) electrons. The van der Waals surface area contributed by atoms with Crippen LogP contribution < -0.4 is 16.0 Å². The Balaban J connectivity index is 2.26. The molecule has 0 fully saturated rings. The fraction of sp³-hybridized carbons (Fsp3) is 0.400. The van der Waals surface area contributed by atoms with Crippen molar-refractivity contribution in [3.05, 3.63) is 18.5 Å². The minimum Gasteiger partial charge on any atom is -0.458 e. The first-order valence-electron chi connectivity index (χ1n) is 5.61. The first kappa shape index (κ1) is 13.2. The molecule has 9 heteroatoms. The van der Waals surface area contributed by atoms with E-state index in [-0.39, 0.29) is 18.1 Å². The van der Waals surface area contributed by atoms with Crippen LogP contribution in [0.2, 0.25) is 0 Å². The zero-order chi connectivity index (χ0) is 13.7. The predicted octanol–water partition coefficient (Wildman–Crippen LogP) is -0.243. The molecule has 2 aromatic heterocycles. The maximum absolute atomic E-state index is 5.51. The van der Waals surface area contributed by atoms with Crippen molar-refractivity contribution in [1.29, 1.82) is 0 Å². The van der Waals surface area contributed by atoms with E-state index in [9.17, 15) is 0 Å². The number of nitrogens with two attached hydrogens (primary N) is 1. The molecule has 0 bridgehead atoms. The van der Waals surface area contributed by atoms with Gasteiger partial charge in [-0.3, -0.25) is 5.43 Å². The van der Waals surface area contributed by atoms with Crippen LogP contribution in [0.4, 0.5) is 5.95 Å². The first-order valence-corrected chi connectivity index (χ1v) is 5.61. The summed E-state index contributed by atoms with van der Waals surface area (Å²) in [4.78, 5) is 12.2. The molecule has 0 aliphatic heterocycles. The molecule has 0 aliphatic rings. The maximum atomic E-state index is 5.51. The number of aromatic nitrogens is 5. The Bertz CT molecular complexity index is 517. The van der Waals surface area contributed by atoms with Crippen molar-refractivity contribution in [2.75, 3.05) is 19.1 Å². The highest BCUT2D eigenvalue weighted by molar-refractivity contribution is 5.28. The van der Waals surface area contributed by atoms with Gasteiger partial charge < -0.3 is 9.47 Å². The SMILES string of the molecule is COCC(C)Oc1nc(NN)nc(-n2cccn2)n1. The van der Waals surface area contributed by atoms with Crippen LogP contribution >= 0.6 is 0 Å². The largest absolute Gasteiger partial charge is 0.458 e. The average molecular weight is 265 g/mol. The second-order valence-corrected chi connectivity index (χ2v) is 3.72. The molecule has 0 aliphatic carbocycles. The Morgan fingerprint density at radius 2 is 2.26 bits per heavy atom. The van der Waals surface area contributed by atoms with Gasteiger partial charge in [0, 0.05) is 19.5 Å². The molecule has 1 atom stereocenters. The number of anilines is 1. The van der Waals surface area contributed by atoms with Crippen LogP contribution in [0.1, 0.15) is 6.92 Å². The van der Waals surface area contributed by atoms with Crippen molar-refractivity contribution in [3.8, 4) is 12.0 Å². The smallest absolute Gasteiger partial charge is 0.323 e. The zero-order valence-electron chi connectivity index (χ0n) is 10.6. The van der Waals surface area contributed by atoms with Gasteiger partial charge in [-0.25, -0.2) is 10.5 Å².